The first kappa shape index (κ1) is 58.1. The van der Waals surface area contributed by atoms with Crippen molar-refractivity contribution in [3.63, 3.8) is 0 Å². The van der Waals surface area contributed by atoms with Gasteiger partial charge in [-0.3, -0.25) is 4.79 Å². The molecule has 16 heteroatoms. The second kappa shape index (κ2) is 28.0. The molecule has 0 radical (unpaired) electrons. The van der Waals surface area contributed by atoms with Crippen molar-refractivity contribution in [3.8, 4) is 0 Å². The molecule has 374 valence electrons. The Balaban J connectivity index is 0.000000263. The summed E-state index contributed by atoms with van der Waals surface area (Å²) >= 11 is 15.9. The summed E-state index contributed by atoms with van der Waals surface area (Å²) in [6, 6.07) is 17.7. The zero-order chi connectivity index (χ0) is 45.4. The van der Waals surface area contributed by atoms with Crippen LogP contribution >= 0.6 is 45.9 Å². The molecule has 0 atom stereocenters. The zero-order valence-corrected chi connectivity index (χ0v) is 42.6. The molecule has 1 saturated heterocycles. The van der Waals surface area contributed by atoms with Gasteiger partial charge in [0.1, 0.15) is 34.0 Å². The third-order valence-corrected chi connectivity index (χ3v) is 17.2. The summed E-state index contributed by atoms with van der Waals surface area (Å²) < 4.78 is 4.94. The first-order valence-electron chi connectivity index (χ1n) is 24.3. The number of rotatable bonds is 11. The maximum absolute atomic E-state index is 12.8. The monoisotopic (exact) mass is 1040 g/mol. The fraction of sp³-hybridized carbons (Fsp3) is 0.537. The number of hydrogen-bond donors (Lipinski definition) is 2. The molecular formula is C54H76AlCl2LiN8O2S2. The van der Waals surface area contributed by atoms with E-state index in [1.165, 1.54) is 108 Å². The van der Waals surface area contributed by atoms with Crippen LogP contribution in [0.2, 0.25) is 10.0 Å². The zero-order valence-electron chi connectivity index (χ0n) is 40.5. The van der Waals surface area contributed by atoms with Gasteiger partial charge in [0.25, 0.3) is 0 Å². The van der Waals surface area contributed by atoms with Gasteiger partial charge in [0.15, 0.2) is 17.4 Å². The number of amides is 1. The Morgan fingerprint density at radius 3 is 1.66 bits per heavy atom. The molecule has 0 spiro atoms. The molecule has 4 aromatic heterocycles. The molecule has 10 nitrogen and oxygen atoms in total. The van der Waals surface area contributed by atoms with Crippen molar-refractivity contribution in [2.24, 2.45) is 0 Å². The van der Waals surface area contributed by atoms with E-state index in [1.807, 2.05) is 71.0 Å². The Kier molecular flexibility index (Phi) is 23.3. The van der Waals surface area contributed by atoms with E-state index in [2.05, 4.69) is 54.6 Å². The molecule has 1 aliphatic heterocycles. The fourth-order valence-electron chi connectivity index (χ4n) is 10.6. The number of likely N-dealkylation sites (N-methyl/N-ethyl adjacent to an activating group) is 2. The van der Waals surface area contributed by atoms with E-state index in [1.54, 1.807) is 12.7 Å². The number of carbonyl (C=O) groups is 1. The molecule has 5 heterocycles. The average Bonchev–Trinajstić information content (AvgIpc) is 4.19. The number of aryl methyl sites for hydroxylation is 4. The van der Waals surface area contributed by atoms with Gasteiger partial charge >= 0.3 is 18.9 Å². The SMILES string of the molecule is C.C.C1CCOC1.CN(C(=O)Cc1cccc(Cl)c1)C1CCC(Nc2ncnc3sc4c(c23)CCC4)CC1.CN(CCc1cccc(Cl)c1)C1CCC(Nc2ncnc3sc4c(c23)CCC4)CC1.[AlH3].[H-].[Li+]. The van der Waals surface area contributed by atoms with Crippen molar-refractivity contribution in [2.45, 2.75) is 155 Å². The Bertz CT molecular complexity index is 2580. The van der Waals surface area contributed by atoms with E-state index in [9.17, 15) is 4.79 Å². The third-order valence-electron chi connectivity index (χ3n) is 14.4. The van der Waals surface area contributed by atoms with Gasteiger partial charge in [0.05, 0.1) is 17.2 Å². The maximum atomic E-state index is 12.8. The van der Waals surface area contributed by atoms with Crippen molar-refractivity contribution in [3.05, 3.63) is 103 Å². The van der Waals surface area contributed by atoms with Crippen molar-refractivity contribution >= 4 is 101 Å². The largest absolute Gasteiger partial charge is 1.00 e. The van der Waals surface area contributed by atoms with Crippen LogP contribution in [-0.2, 0) is 48.1 Å². The molecule has 6 aromatic rings. The topological polar surface area (TPSA) is 108 Å². The number of benzene rings is 2. The van der Waals surface area contributed by atoms with E-state index in [0.717, 1.165) is 90.2 Å². The number of nitrogens with one attached hydrogen (secondary N) is 2. The second-order valence-corrected chi connectivity index (χ2v) is 21.9. The Hall–Kier alpha value is -2.78. The predicted octanol–water partition coefficient (Wildman–Crippen LogP) is 8.99. The molecule has 0 bridgehead atoms. The maximum Gasteiger partial charge on any atom is 1.00 e. The van der Waals surface area contributed by atoms with E-state index >= 15 is 0 Å². The van der Waals surface area contributed by atoms with Crippen LogP contribution in [0.25, 0.3) is 20.4 Å². The van der Waals surface area contributed by atoms with Gasteiger partial charge in [-0.25, -0.2) is 19.9 Å². The Morgan fingerprint density at radius 2 is 1.17 bits per heavy atom. The molecule has 3 fully saturated rings. The summed E-state index contributed by atoms with van der Waals surface area (Å²) in [7, 11) is 4.21. The van der Waals surface area contributed by atoms with Crippen LogP contribution in [0.5, 0.6) is 0 Å². The number of thiophene rings is 2. The minimum absolute atomic E-state index is 0. The molecule has 5 aliphatic rings. The Labute approximate surface area is 459 Å². The predicted molar refractivity (Wildman–Crippen MR) is 298 cm³/mol. The average molecular weight is 1040 g/mol. The van der Waals surface area contributed by atoms with Gasteiger partial charge in [-0.2, -0.15) is 0 Å². The molecule has 2 aromatic carbocycles. The summed E-state index contributed by atoms with van der Waals surface area (Å²) in [5.74, 6) is 2.22. The van der Waals surface area contributed by atoms with Gasteiger partial charge in [-0.05, 0) is 163 Å². The van der Waals surface area contributed by atoms with Gasteiger partial charge in [-0.1, -0.05) is 62.3 Å². The number of ether oxygens (including phenoxy) is 1. The summed E-state index contributed by atoms with van der Waals surface area (Å²) in [4.78, 5) is 40.8. The van der Waals surface area contributed by atoms with E-state index in [4.69, 9.17) is 27.9 Å². The molecule has 4 aliphatic carbocycles. The van der Waals surface area contributed by atoms with Gasteiger partial charge in [-0.15, -0.1) is 22.7 Å². The van der Waals surface area contributed by atoms with E-state index in [0.29, 0.717) is 35.6 Å². The minimum Gasteiger partial charge on any atom is -1.00 e. The fourth-order valence-corrected chi connectivity index (χ4v) is 13.5. The van der Waals surface area contributed by atoms with Crippen LogP contribution < -0.4 is 29.5 Å². The van der Waals surface area contributed by atoms with Crippen molar-refractivity contribution in [1.29, 1.82) is 0 Å². The minimum atomic E-state index is 0. The smallest absolute Gasteiger partial charge is 1.00 e. The molecule has 2 saturated carbocycles. The number of fused-ring (bicyclic) bond motifs is 6. The van der Waals surface area contributed by atoms with Crippen LogP contribution in [0, 0.1) is 0 Å². The van der Waals surface area contributed by atoms with Crippen molar-refractivity contribution in [1.82, 2.24) is 29.7 Å². The number of nitrogens with zero attached hydrogens (tertiary/aromatic N) is 6. The number of carbonyl (C=O) groups excluding carboxylic acids is 1. The summed E-state index contributed by atoms with van der Waals surface area (Å²) in [6.45, 7) is 3.08. The molecular weight excluding hydrogens is 962 g/mol. The second-order valence-electron chi connectivity index (χ2n) is 18.8. The molecule has 11 rings (SSSR count). The molecule has 2 N–H and O–H groups in total. The molecule has 0 unspecified atom stereocenters. The number of hydrogen-bond acceptors (Lipinski definition) is 11. The Morgan fingerprint density at radius 1 is 0.686 bits per heavy atom. The van der Waals surface area contributed by atoms with Crippen LogP contribution in [0.3, 0.4) is 0 Å². The van der Waals surface area contributed by atoms with Gasteiger partial charge in [0, 0.05) is 70.8 Å². The van der Waals surface area contributed by atoms with Crippen LogP contribution in [0.1, 0.15) is 125 Å². The van der Waals surface area contributed by atoms with Gasteiger partial charge < -0.3 is 26.6 Å². The van der Waals surface area contributed by atoms with Crippen LogP contribution in [-0.4, -0.2) is 111 Å². The first-order valence-corrected chi connectivity index (χ1v) is 26.7. The van der Waals surface area contributed by atoms with E-state index in [-0.39, 0.29) is 58.4 Å². The molecule has 70 heavy (non-hydrogen) atoms. The number of aromatic nitrogens is 4. The standard InChI is InChI=1S/C24H27ClN4OS.C24H29ClN4S.C4H8O.2CH4.Al.Li.4H/c1-29(21(30)13-15-4-2-5-16(25)12-15)18-10-8-17(9-11-18)28-23-22-19-6-3-7-20(19)31-24(22)27-14-26-23;1-29(13-12-16-4-2-5-17(25)14-16)19-10-8-18(9-11-19)28-23-22-20-6-3-7-21(20)30-24(22)27-15-26-23;1-2-4-5-3-1;;;;;;;;/h2,4-5,12,14,17-18H,3,6-11,13H2,1H3,(H,26,27,28);2,4-5,14-15,18-19H,3,6-13H2,1H3,(H,26,27,28);1-4H2;2*1H4;;;;;;/q;;;;;;+1;;;;-1. The van der Waals surface area contributed by atoms with Gasteiger partial charge in [0.2, 0.25) is 5.91 Å². The normalized spacial score (nSPS) is 20.0. The summed E-state index contributed by atoms with van der Waals surface area (Å²) in [5.41, 5.74) is 5.26. The summed E-state index contributed by atoms with van der Waals surface area (Å²) in [5, 5.41) is 11.6. The molecule has 1 amide bonds. The number of halogens is 2. The quantitative estimate of drug-likeness (QED) is 0.123. The summed E-state index contributed by atoms with van der Waals surface area (Å²) in [6.07, 6.45) is 23.6. The van der Waals surface area contributed by atoms with Crippen molar-refractivity contribution in [2.75, 3.05) is 44.5 Å². The number of anilines is 2. The van der Waals surface area contributed by atoms with Crippen LogP contribution in [0.4, 0.5) is 11.6 Å². The van der Waals surface area contributed by atoms with Crippen molar-refractivity contribution < 1.29 is 29.8 Å². The van der Waals surface area contributed by atoms with Crippen LogP contribution in [0.15, 0.2) is 61.2 Å². The third kappa shape index (κ3) is 14.7. The van der Waals surface area contributed by atoms with E-state index < -0.39 is 0 Å². The first-order chi connectivity index (χ1) is 32.3.